The molecule has 3 heterocycles. The molecule has 0 bridgehead atoms. The lowest BCUT2D eigenvalue weighted by Crippen LogP contribution is -2.26. The highest BCUT2D eigenvalue weighted by molar-refractivity contribution is 6.35. The average molecular weight is 487 g/mol. The number of likely N-dealkylation sites (tertiary alicyclic amines) is 1. The standard InChI is InChI=1S/C28H30N4O4/c33-26(34)9-10-29-27(35)19-6-8-25-22(16-19)23(28(36)31-25)17-21-15-20-14-18(5-7-24(20)30-21)4-3-13-32-11-1-2-12-32/h5-8,14-17,30H,1-4,9-13H2,(H,29,35)(H,31,36)(H,33,34). The molecule has 8 nitrogen and oxygen atoms in total. The number of anilines is 1. The van der Waals surface area contributed by atoms with Gasteiger partial charge in [-0.1, -0.05) is 6.07 Å². The number of hydrogen-bond acceptors (Lipinski definition) is 4. The number of rotatable bonds is 9. The zero-order valence-electron chi connectivity index (χ0n) is 20.1. The maximum absolute atomic E-state index is 12.7. The summed E-state index contributed by atoms with van der Waals surface area (Å²) in [7, 11) is 0. The summed E-state index contributed by atoms with van der Waals surface area (Å²) >= 11 is 0. The summed E-state index contributed by atoms with van der Waals surface area (Å²) in [5.41, 5.74) is 5.27. The third-order valence-corrected chi connectivity index (χ3v) is 6.83. The third kappa shape index (κ3) is 5.33. The second-order valence-corrected chi connectivity index (χ2v) is 9.47. The van der Waals surface area contributed by atoms with Gasteiger partial charge in [0.25, 0.3) is 11.8 Å². The summed E-state index contributed by atoms with van der Waals surface area (Å²) in [5, 5.41) is 15.3. The van der Waals surface area contributed by atoms with Crippen LogP contribution in [-0.4, -0.2) is 59.0 Å². The van der Waals surface area contributed by atoms with Crippen molar-refractivity contribution in [2.24, 2.45) is 0 Å². The maximum atomic E-state index is 12.7. The number of nitrogens with one attached hydrogen (secondary N) is 3. The minimum Gasteiger partial charge on any atom is -0.481 e. The number of aromatic amines is 1. The van der Waals surface area contributed by atoms with Crippen molar-refractivity contribution in [1.29, 1.82) is 0 Å². The zero-order valence-corrected chi connectivity index (χ0v) is 20.1. The quantitative estimate of drug-likeness (QED) is 0.343. The summed E-state index contributed by atoms with van der Waals surface area (Å²) in [6.45, 7) is 3.64. The number of H-pyrrole nitrogens is 1. The lowest BCUT2D eigenvalue weighted by molar-refractivity contribution is -0.136. The second-order valence-electron chi connectivity index (χ2n) is 9.47. The van der Waals surface area contributed by atoms with Crippen LogP contribution in [0.2, 0.25) is 0 Å². The van der Waals surface area contributed by atoms with E-state index in [4.69, 9.17) is 5.11 Å². The fraction of sp³-hybridized carbons (Fsp3) is 0.321. The maximum Gasteiger partial charge on any atom is 0.305 e. The van der Waals surface area contributed by atoms with Gasteiger partial charge in [0.1, 0.15) is 0 Å². The first-order valence-corrected chi connectivity index (χ1v) is 12.5. The molecule has 4 N–H and O–H groups in total. The molecule has 0 unspecified atom stereocenters. The van der Waals surface area contributed by atoms with E-state index in [-0.39, 0.29) is 24.8 Å². The van der Waals surface area contributed by atoms with Crippen LogP contribution >= 0.6 is 0 Å². The zero-order chi connectivity index (χ0) is 25.1. The highest BCUT2D eigenvalue weighted by atomic mass is 16.4. The Kier molecular flexibility index (Phi) is 6.86. The van der Waals surface area contributed by atoms with Gasteiger partial charge in [-0.25, -0.2) is 0 Å². The first-order valence-electron chi connectivity index (χ1n) is 12.5. The molecular weight excluding hydrogens is 456 g/mol. The predicted molar refractivity (Wildman–Crippen MR) is 140 cm³/mol. The molecule has 0 atom stereocenters. The van der Waals surface area contributed by atoms with Crippen LogP contribution in [0.1, 0.15) is 52.9 Å². The summed E-state index contributed by atoms with van der Waals surface area (Å²) in [5.74, 6) is -1.58. The van der Waals surface area contributed by atoms with Crippen molar-refractivity contribution in [2.45, 2.75) is 32.1 Å². The van der Waals surface area contributed by atoms with Crippen molar-refractivity contribution in [3.05, 3.63) is 64.8 Å². The molecule has 3 aromatic rings. The molecule has 0 radical (unpaired) electrons. The highest BCUT2D eigenvalue weighted by Crippen LogP contribution is 2.34. The van der Waals surface area contributed by atoms with Crippen LogP contribution in [0.5, 0.6) is 0 Å². The van der Waals surface area contributed by atoms with Crippen molar-refractivity contribution in [3.63, 3.8) is 0 Å². The average Bonchev–Trinajstić information content (AvgIpc) is 3.58. The smallest absolute Gasteiger partial charge is 0.305 e. The molecule has 36 heavy (non-hydrogen) atoms. The van der Waals surface area contributed by atoms with E-state index in [1.807, 2.05) is 6.07 Å². The summed E-state index contributed by atoms with van der Waals surface area (Å²) in [6.07, 6.45) is 6.48. The molecule has 0 saturated carbocycles. The monoisotopic (exact) mass is 486 g/mol. The van der Waals surface area contributed by atoms with Crippen LogP contribution in [0, 0.1) is 0 Å². The van der Waals surface area contributed by atoms with E-state index in [1.54, 1.807) is 24.3 Å². The molecule has 1 fully saturated rings. The summed E-state index contributed by atoms with van der Waals surface area (Å²) in [4.78, 5) is 41.7. The number of amides is 2. The number of carbonyl (C=O) groups excluding carboxylic acids is 2. The molecule has 186 valence electrons. The second kappa shape index (κ2) is 10.4. The van der Waals surface area contributed by atoms with Crippen molar-refractivity contribution in [3.8, 4) is 0 Å². The summed E-state index contributed by atoms with van der Waals surface area (Å²) in [6, 6.07) is 13.5. The van der Waals surface area contributed by atoms with Gasteiger partial charge >= 0.3 is 5.97 Å². The lowest BCUT2D eigenvalue weighted by atomic mass is 10.0. The van der Waals surface area contributed by atoms with Crippen LogP contribution in [0.3, 0.4) is 0 Å². The van der Waals surface area contributed by atoms with Crippen LogP contribution in [0.4, 0.5) is 5.69 Å². The Morgan fingerprint density at radius 3 is 2.72 bits per heavy atom. The molecule has 0 spiro atoms. The molecular formula is C28H30N4O4. The topological polar surface area (TPSA) is 115 Å². The summed E-state index contributed by atoms with van der Waals surface area (Å²) < 4.78 is 0. The molecule has 2 aliphatic rings. The number of aryl methyl sites for hydroxylation is 1. The number of carboxylic acids is 1. The van der Waals surface area contributed by atoms with Gasteiger partial charge in [0.2, 0.25) is 0 Å². The first-order chi connectivity index (χ1) is 17.5. The van der Waals surface area contributed by atoms with Crippen LogP contribution < -0.4 is 10.6 Å². The number of nitrogens with zero attached hydrogens (tertiary/aromatic N) is 1. The van der Waals surface area contributed by atoms with Gasteiger partial charge in [-0.2, -0.15) is 0 Å². The number of carbonyl (C=O) groups is 3. The number of aliphatic carboxylic acids is 1. The number of carboxylic acid groups (broad SMARTS) is 1. The Hall–Kier alpha value is -3.91. The Morgan fingerprint density at radius 2 is 1.92 bits per heavy atom. The van der Waals surface area contributed by atoms with E-state index >= 15 is 0 Å². The molecule has 2 aliphatic heterocycles. The Labute approximate surface area is 209 Å². The Bertz CT molecular complexity index is 1350. The van der Waals surface area contributed by atoms with Crippen LogP contribution in [0.25, 0.3) is 22.6 Å². The predicted octanol–water partition coefficient (Wildman–Crippen LogP) is 3.89. The molecule has 5 rings (SSSR count). The molecule has 0 aliphatic carbocycles. The van der Waals surface area contributed by atoms with Gasteiger partial charge in [0.15, 0.2) is 0 Å². The number of aromatic nitrogens is 1. The molecule has 2 aromatic carbocycles. The number of hydrogen-bond donors (Lipinski definition) is 4. The van der Waals surface area contributed by atoms with Gasteiger partial charge in [0.05, 0.1) is 12.0 Å². The Morgan fingerprint density at radius 1 is 1.08 bits per heavy atom. The molecule has 1 saturated heterocycles. The first kappa shape index (κ1) is 23.8. The third-order valence-electron chi connectivity index (χ3n) is 6.83. The van der Waals surface area contributed by atoms with Crippen molar-refractivity contribution in [1.82, 2.24) is 15.2 Å². The lowest BCUT2D eigenvalue weighted by Gasteiger charge is -2.13. The Balaban J connectivity index is 1.32. The molecule has 1 aromatic heterocycles. The molecule has 2 amide bonds. The van der Waals surface area contributed by atoms with E-state index in [2.05, 4.69) is 38.7 Å². The van der Waals surface area contributed by atoms with Gasteiger partial charge in [-0.3, -0.25) is 14.4 Å². The van der Waals surface area contributed by atoms with E-state index in [1.165, 1.54) is 31.5 Å². The fourth-order valence-corrected chi connectivity index (χ4v) is 4.96. The van der Waals surface area contributed by atoms with Crippen LogP contribution in [0.15, 0.2) is 42.5 Å². The van der Waals surface area contributed by atoms with Crippen molar-refractivity contribution >= 4 is 46.0 Å². The van der Waals surface area contributed by atoms with E-state index < -0.39 is 5.97 Å². The van der Waals surface area contributed by atoms with Gasteiger partial charge in [-0.15, -0.1) is 0 Å². The SMILES string of the molecule is O=C(O)CCNC(=O)c1ccc2c(c1)C(=Cc1cc3cc(CCCN4CCCC4)ccc3[nH]1)C(=O)N2. The number of benzene rings is 2. The minimum absolute atomic E-state index is 0.0421. The van der Waals surface area contributed by atoms with Gasteiger partial charge < -0.3 is 25.6 Å². The van der Waals surface area contributed by atoms with Gasteiger partial charge in [0, 0.05) is 40.0 Å². The molecule has 8 heteroatoms. The van der Waals surface area contributed by atoms with Crippen molar-refractivity contribution < 1.29 is 19.5 Å². The van der Waals surface area contributed by atoms with Crippen molar-refractivity contribution in [2.75, 3.05) is 31.5 Å². The van der Waals surface area contributed by atoms with E-state index in [0.29, 0.717) is 22.4 Å². The largest absolute Gasteiger partial charge is 0.481 e. The highest BCUT2D eigenvalue weighted by Gasteiger charge is 2.25. The van der Waals surface area contributed by atoms with E-state index in [9.17, 15) is 14.4 Å². The van der Waals surface area contributed by atoms with E-state index in [0.717, 1.165) is 36.0 Å². The van der Waals surface area contributed by atoms with Crippen LogP contribution in [-0.2, 0) is 16.0 Å². The number of fused-ring (bicyclic) bond motifs is 2. The minimum atomic E-state index is -0.975. The normalized spacial score (nSPS) is 16.4. The van der Waals surface area contributed by atoms with Gasteiger partial charge in [-0.05, 0) is 93.4 Å². The fourth-order valence-electron chi connectivity index (χ4n) is 4.96.